The molecule has 1 heterocycles. The summed E-state index contributed by atoms with van der Waals surface area (Å²) in [6.07, 6.45) is 1.50. The molecule has 0 aromatic heterocycles. The summed E-state index contributed by atoms with van der Waals surface area (Å²) >= 11 is 0. The van der Waals surface area contributed by atoms with Crippen molar-refractivity contribution in [2.24, 2.45) is 0 Å². The van der Waals surface area contributed by atoms with Crippen LogP contribution < -0.4 is 23.8 Å². The number of hydrogen-bond acceptors (Lipinski definition) is 7. The van der Waals surface area contributed by atoms with Crippen LogP contribution in [0, 0.1) is 0 Å². The largest absolute Gasteiger partial charge is 0.497 e. The van der Waals surface area contributed by atoms with Crippen molar-refractivity contribution >= 4 is 21.4 Å². The Balaban J connectivity index is 2.11. The van der Waals surface area contributed by atoms with Gasteiger partial charge < -0.3 is 18.9 Å². The van der Waals surface area contributed by atoms with E-state index in [2.05, 4.69) is 0 Å². The molecular formula is C21H23NO7S. The highest BCUT2D eigenvalue weighted by molar-refractivity contribution is 7.94. The minimum atomic E-state index is -3.40. The molecule has 160 valence electrons. The van der Waals surface area contributed by atoms with E-state index in [1.165, 1.54) is 39.4 Å². The number of ether oxygens (including phenoxy) is 4. The molecule has 0 radical (unpaired) electrons. The average molecular weight is 433 g/mol. The normalized spacial score (nSPS) is 16.7. The predicted octanol–water partition coefficient (Wildman–Crippen LogP) is 2.68. The van der Waals surface area contributed by atoms with Crippen molar-refractivity contribution in [3.05, 3.63) is 53.4 Å². The highest BCUT2D eigenvalue weighted by Crippen LogP contribution is 2.37. The summed E-state index contributed by atoms with van der Waals surface area (Å²) < 4.78 is 45.3. The SMILES string of the molecule is COc1ccc(N(C(=O)c2ccc(OC)c(OC)c2)[C@@H]2C=CS(=O)(=O)C2)c(OC)c1. The number of carbonyl (C=O) groups excluding carboxylic acids is 1. The van der Waals surface area contributed by atoms with E-state index in [4.69, 9.17) is 18.9 Å². The van der Waals surface area contributed by atoms with Crippen LogP contribution in [-0.2, 0) is 9.84 Å². The second-order valence-electron chi connectivity index (χ2n) is 6.51. The third-order valence-corrected chi connectivity index (χ3v) is 6.12. The van der Waals surface area contributed by atoms with Crippen LogP contribution in [0.2, 0.25) is 0 Å². The Hall–Kier alpha value is -3.20. The van der Waals surface area contributed by atoms with Gasteiger partial charge in [0.1, 0.15) is 11.5 Å². The van der Waals surface area contributed by atoms with Crippen molar-refractivity contribution in [2.45, 2.75) is 6.04 Å². The number of carbonyl (C=O) groups is 1. The standard InChI is InChI=1S/C21H23NO7S/c1-26-16-6-7-17(19(12-16)28-3)22(15-9-10-30(24,25)13-15)21(23)14-5-8-18(27-2)20(11-14)29-4/h5-12,15H,13H2,1-4H3/t15-/m1/s1. The van der Waals surface area contributed by atoms with Crippen LogP contribution in [0.3, 0.4) is 0 Å². The zero-order chi connectivity index (χ0) is 21.9. The zero-order valence-corrected chi connectivity index (χ0v) is 17.9. The molecule has 2 aromatic carbocycles. The van der Waals surface area contributed by atoms with Crippen LogP contribution in [0.5, 0.6) is 23.0 Å². The summed E-state index contributed by atoms with van der Waals surface area (Å²) in [6, 6.07) is 9.05. The minimum Gasteiger partial charge on any atom is -0.497 e. The van der Waals surface area contributed by atoms with Gasteiger partial charge in [-0.05, 0) is 36.4 Å². The number of benzene rings is 2. The van der Waals surface area contributed by atoms with Crippen molar-refractivity contribution < 1.29 is 32.2 Å². The number of rotatable bonds is 7. The Morgan fingerprint density at radius 2 is 1.60 bits per heavy atom. The van der Waals surface area contributed by atoms with Crippen molar-refractivity contribution in [2.75, 3.05) is 39.1 Å². The fourth-order valence-electron chi connectivity index (χ4n) is 3.25. The average Bonchev–Trinajstić information content (AvgIpc) is 3.12. The second kappa shape index (κ2) is 8.66. The van der Waals surface area contributed by atoms with Crippen LogP contribution >= 0.6 is 0 Å². The maximum atomic E-state index is 13.5. The summed E-state index contributed by atoms with van der Waals surface area (Å²) in [4.78, 5) is 15.0. The van der Waals surface area contributed by atoms with Crippen molar-refractivity contribution in [1.82, 2.24) is 0 Å². The summed E-state index contributed by atoms with van der Waals surface area (Å²) in [6.45, 7) is 0. The summed E-state index contributed by atoms with van der Waals surface area (Å²) in [5.74, 6) is 1.16. The molecule has 3 rings (SSSR count). The molecule has 1 amide bonds. The van der Waals surface area contributed by atoms with Gasteiger partial charge >= 0.3 is 0 Å². The lowest BCUT2D eigenvalue weighted by Gasteiger charge is -2.29. The van der Waals surface area contributed by atoms with Gasteiger partial charge in [-0.25, -0.2) is 8.42 Å². The Morgan fingerprint density at radius 3 is 2.17 bits per heavy atom. The number of nitrogens with zero attached hydrogens (tertiary/aromatic N) is 1. The smallest absolute Gasteiger partial charge is 0.259 e. The number of anilines is 1. The molecular weight excluding hydrogens is 410 g/mol. The van der Waals surface area contributed by atoms with E-state index in [-0.39, 0.29) is 5.75 Å². The molecule has 0 saturated carbocycles. The quantitative estimate of drug-likeness (QED) is 0.663. The number of amides is 1. The molecule has 0 fully saturated rings. The number of sulfone groups is 1. The van der Waals surface area contributed by atoms with E-state index < -0.39 is 21.8 Å². The van der Waals surface area contributed by atoms with E-state index in [0.717, 1.165) is 5.41 Å². The van der Waals surface area contributed by atoms with Crippen LogP contribution in [0.15, 0.2) is 47.9 Å². The molecule has 0 aliphatic carbocycles. The van der Waals surface area contributed by atoms with Gasteiger partial charge in [0.2, 0.25) is 0 Å². The molecule has 0 N–H and O–H groups in total. The van der Waals surface area contributed by atoms with Crippen molar-refractivity contribution in [1.29, 1.82) is 0 Å². The lowest BCUT2D eigenvalue weighted by atomic mass is 10.1. The maximum absolute atomic E-state index is 13.5. The van der Waals surface area contributed by atoms with Crippen LogP contribution in [0.1, 0.15) is 10.4 Å². The van der Waals surface area contributed by atoms with Gasteiger partial charge in [0.15, 0.2) is 21.3 Å². The summed E-state index contributed by atoms with van der Waals surface area (Å²) in [5.41, 5.74) is 0.730. The first-order valence-electron chi connectivity index (χ1n) is 9.02. The minimum absolute atomic E-state index is 0.221. The van der Waals surface area contributed by atoms with E-state index in [0.29, 0.717) is 34.2 Å². The van der Waals surface area contributed by atoms with Gasteiger partial charge in [-0.1, -0.05) is 0 Å². The first-order chi connectivity index (χ1) is 14.3. The lowest BCUT2D eigenvalue weighted by molar-refractivity contribution is 0.0982. The molecule has 0 unspecified atom stereocenters. The van der Waals surface area contributed by atoms with Gasteiger partial charge in [0.25, 0.3) is 5.91 Å². The summed E-state index contributed by atoms with van der Waals surface area (Å²) in [7, 11) is 2.56. The molecule has 30 heavy (non-hydrogen) atoms. The molecule has 8 nitrogen and oxygen atoms in total. The molecule has 0 bridgehead atoms. The Morgan fingerprint density at radius 1 is 0.900 bits per heavy atom. The van der Waals surface area contributed by atoms with Crippen LogP contribution in [0.25, 0.3) is 0 Å². The first-order valence-corrected chi connectivity index (χ1v) is 10.7. The first kappa shape index (κ1) is 21.5. The van der Waals surface area contributed by atoms with E-state index >= 15 is 0 Å². The monoisotopic (exact) mass is 433 g/mol. The van der Waals surface area contributed by atoms with Crippen LogP contribution in [0.4, 0.5) is 5.69 Å². The third kappa shape index (κ3) is 4.20. The maximum Gasteiger partial charge on any atom is 0.259 e. The van der Waals surface area contributed by atoms with Crippen molar-refractivity contribution in [3.63, 3.8) is 0 Å². The number of hydrogen-bond donors (Lipinski definition) is 0. The number of methoxy groups -OCH3 is 4. The van der Waals surface area contributed by atoms with E-state index in [1.807, 2.05) is 0 Å². The zero-order valence-electron chi connectivity index (χ0n) is 17.1. The Labute approximate surface area is 175 Å². The summed E-state index contributed by atoms with van der Waals surface area (Å²) in [5, 5.41) is 1.13. The van der Waals surface area contributed by atoms with Gasteiger partial charge in [-0.3, -0.25) is 9.69 Å². The fraction of sp³-hybridized carbons (Fsp3) is 0.286. The van der Waals surface area contributed by atoms with Gasteiger partial charge in [-0.15, -0.1) is 0 Å². The molecule has 9 heteroatoms. The second-order valence-corrected chi connectivity index (χ2v) is 8.44. The Kier molecular flexibility index (Phi) is 6.21. The van der Waals surface area contributed by atoms with Gasteiger partial charge in [0.05, 0.1) is 45.9 Å². The molecule has 1 atom stereocenters. The molecule has 1 aliphatic rings. The van der Waals surface area contributed by atoms with Crippen LogP contribution in [-0.4, -0.2) is 54.6 Å². The van der Waals surface area contributed by atoms with Crippen molar-refractivity contribution in [3.8, 4) is 23.0 Å². The third-order valence-electron chi connectivity index (χ3n) is 4.74. The Bertz CT molecular complexity index is 1080. The highest BCUT2D eigenvalue weighted by atomic mass is 32.2. The molecule has 1 aliphatic heterocycles. The molecule has 0 saturated heterocycles. The lowest BCUT2D eigenvalue weighted by Crippen LogP contribution is -2.41. The topological polar surface area (TPSA) is 91.4 Å². The fourth-order valence-corrected chi connectivity index (χ4v) is 4.52. The van der Waals surface area contributed by atoms with Gasteiger partial charge in [-0.2, -0.15) is 0 Å². The van der Waals surface area contributed by atoms with Gasteiger partial charge in [0, 0.05) is 17.0 Å². The molecule has 2 aromatic rings. The highest BCUT2D eigenvalue weighted by Gasteiger charge is 2.34. The van der Waals surface area contributed by atoms with E-state index in [9.17, 15) is 13.2 Å². The van der Waals surface area contributed by atoms with E-state index in [1.54, 1.807) is 36.4 Å². The molecule has 0 spiro atoms. The predicted molar refractivity (Wildman–Crippen MR) is 113 cm³/mol.